The Morgan fingerprint density at radius 1 is 0.235 bits per heavy atom. The van der Waals surface area contributed by atoms with Crippen LogP contribution in [0.5, 0.6) is 0 Å². The highest BCUT2D eigenvalue weighted by Crippen LogP contribution is 2.10. The highest BCUT2D eigenvalue weighted by Gasteiger charge is 1.98. The molecule has 0 aromatic heterocycles. The Kier molecular flexibility index (Phi) is 47.0. The van der Waals surface area contributed by atoms with Crippen molar-refractivity contribution in [3.05, 3.63) is 0 Å². The molecule has 13 heteroatoms. The van der Waals surface area contributed by atoms with Gasteiger partial charge in [0.25, 0.3) is 0 Å². The van der Waals surface area contributed by atoms with Crippen LogP contribution in [-0.4, -0.2) is 184 Å². The summed E-state index contributed by atoms with van der Waals surface area (Å²) in [5.41, 5.74) is 0. The van der Waals surface area contributed by atoms with Gasteiger partial charge in [-0.3, -0.25) is 0 Å². The van der Waals surface area contributed by atoms with Gasteiger partial charge in [-0.25, -0.2) is 0 Å². The minimum absolute atomic E-state index is 0.520. The SMILES string of the molecule is CCCCCCCCCCCCOCCOCCOCCOCCOCCOCCOCCOCCOCCOCCOCCOCCN(C)C. The maximum absolute atomic E-state index is 5.65. The largest absolute Gasteiger partial charge is 0.379 e. The second-order valence-corrected chi connectivity index (χ2v) is 12.3. The molecule has 0 aliphatic heterocycles. The summed E-state index contributed by atoms with van der Waals surface area (Å²) in [5, 5.41) is 0. The maximum atomic E-state index is 5.65. The molecule has 0 rings (SSSR count). The number of nitrogens with zero attached hydrogens (tertiary/aromatic N) is 1. The Hall–Kier alpha value is -0.520. The first-order valence-electron chi connectivity index (χ1n) is 19.8. The third-order valence-corrected chi connectivity index (χ3v) is 7.42. The molecule has 0 N–H and O–H groups in total. The summed E-state index contributed by atoms with van der Waals surface area (Å²) < 4.78 is 66.1. The molecule has 0 aliphatic rings. The van der Waals surface area contributed by atoms with Crippen LogP contribution in [0.25, 0.3) is 0 Å². The van der Waals surface area contributed by atoms with Crippen molar-refractivity contribution in [1.29, 1.82) is 0 Å². The minimum Gasteiger partial charge on any atom is -0.379 e. The molecule has 0 radical (unpaired) electrons. The summed E-state index contributed by atoms with van der Waals surface area (Å²) in [5.74, 6) is 0. The van der Waals surface area contributed by atoms with Crippen LogP contribution in [-0.2, 0) is 56.8 Å². The molecule has 0 fully saturated rings. The van der Waals surface area contributed by atoms with Crippen LogP contribution in [0.1, 0.15) is 71.1 Å². The normalized spacial score (nSPS) is 11.8. The molecule has 308 valence electrons. The summed E-state index contributed by atoms with van der Waals surface area (Å²) >= 11 is 0. The standard InChI is InChI=1S/C38H79NO12/c1-4-5-6-7-8-9-10-11-12-13-15-40-17-19-42-21-23-44-25-27-46-29-31-48-33-35-50-37-38-51-36-34-49-32-30-47-28-26-45-24-22-43-20-18-41-16-14-39(2)3/h4-38H2,1-3H3. The maximum Gasteiger partial charge on any atom is 0.0701 e. The molecular weight excluding hydrogens is 662 g/mol. The lowest BCUT2D eigenvalue weighted by molar-refractivity contribution is -0.0284. The fourth-order valence-electron chi connectivity index (χ4n) is 4.46. The van der Waals surface area contributed by atoms with E-state index < -0.39 is 0 Å². The molecule has 0 spiro atoms. The van der Waals surface area contributed by atoms with E-state index >= 15 is 0 Å². The van der Waals surface area contributed by atoms with Crippen molar-refractivity contribution >= 4 is 0 Å². The van der Waals surface area contributed by atoms with Crippen LogP contribution in [0.3, 0.4) is 0 Å². The zero-order valence-corrected chi connectivity index (χ0v) is 33.1. The summed E-state index contributed by atoms with van der Waals surface area (Å²) in [6.45, 7) is 16.8. The van der Waals surface area contributed by atoms with Gasteiger partial charge in [0.1, 0.15) is 0 Å². The van der Waals surface area contributed by atoms with E-state index in [9.17, 15) is 0 Å². The molecule has 0 saturated heterocycles. The number of likely N-dealkylation sites (N-methyl/N-ethyl adjacent to an activating group) is 1. The van der Waals surface area contributed by atoms with Crippen molar-refractivity contribution < 1.29 is 56.8 Å². The molecule has 0 amide bonds. The monoisotopic (exact) mass is 742 g/mol. The third kappa shape index (κ3) is 49.5. The van der Waals surface area contributed by atoms with Gasteiger partial charge in [-0.1, -0.05) is 64.7 Å². The summed E-state index contributed by atoms with van der Waals surface area (Å²) in [6.07, 6.45) is 13.4. The van der Waals surface area contributed by atoms with E-state index in [0.29, 0.717) is 145 Å². The third-order valence-electron chi connectivity index (χ3n) is 7.42. The lowest BCUT2D eigenvalue weighted by atomic mass is 10.1. The lowest BCUT2D eigenvalue weighted by Gasteiger charge is -2.10. The minimum atomic E-state index is 0.520. The van der Waals surface area contributed by atoms with Gasteiger partial charge in [-0.05, 0) is 20.5 Å². The Morgan fingerprint density at radius 3 is 0.667 bits per heavy atom. The Morgan fingerprint density at radius 2 is 0.431 bits per heavy atom. The quantitative estimate of drug-likeness (QED) is 0.0807. The predicted octanol–water partition coefficient (Wildman–Crippen LogP) is 4.67. The van der Waals surface area contributed by atoms with Gasteiger partial charge >= 0.3 is 0 Å². The molecule has 0 heterocycles. The topological polar surface area (TPSA) is 114 Å². The van der Waals surface area contributed by atoms with E-state index in [4.69, 9.17) is 56.8 Å². The Balaban J connectivity index is 3.05. The molecule has 0 unspecified atom stereocenters. The number of unbranched alkanes of at least 4 members (excludes halogenated alkanes) is 9. The van der Waals surface area contributed by atoms with E-state index in [1.807, 2.05) is 14.1 Å². The average Bonchev–Trinajstić information content (AvgIpc) is 3.13. The summed E-state index contributed by atoms with van der Waals surface area (Å²) in [6, 6.07) is 0. The Labute approximate surface area is 311 Å². The molecule has 51 heavy (non-hydrogen) atoms. The molecule has 13 nitrogen and oxygen atoms in total. The van der Waals surface area contributed by atoms with Gasteiger partial charge in [-0.2, -0.15) is 0 Å². The fraction of sp³-hybridized carbons (Fsp3) is 1.00. The van der Waals surface area contributed by atoms with Crippen LogP contribution in [0, 0.1) is 0 Å². The lowest BCUT2D eigenvalue weighted by Crippen LogP contribution is -2.19. The van der Waals surface area contributed by atoms with E-state index in [2.05, 4.69) is 11.8 Å². The molecule has 0 saturated carbocycles. The van der Waals surface area contributed by atoms with E-state index in [1.54, 1.807) is 0 Å². The molecule has 0 aliphatic carbocycles. The van der Waals surface area contributed by atoms with E-state index in [-0.39, 0.29) is 0 Å². The highest BCUT2D eigenvalue weighted by molar-refractivity contribution is 4.48. The average molecular weight is 742 g/mol. The van der Waals surface area contributed by atoms with Crippen LogP contribution in [0.4, 0.5) is 0 Å². The van der Waals surface area contributed by atoms with Crippen LogP contribution >= 0.6 is 0 Å². The van der Waals surface area contributed by atoms with Crippen molar-refractivity contribution in [2.24, 2.45) is 0 Å². The van der Waals surface area contributed by atoms with Gasteiger partial charge < -0.3 is 61.7 Å². The first-order valence-corrected chi connectivity index (χ1v) is 19.8. The van der Waals surface area contributed by atoms with Gasteiger partial charge in [-0.15, -0.1) is 0 Å². The van der Waals surface area contributed by atoms with Crippen LogP contribution in [0.15, 0.2) is 0 Å². The van der Waals surface area contributed by atoms with Gasteiger partial charge in [0.05, 0.1) is 152 Å². The zero-order chi connectivity index (χ0) is 36.8. The van der Waals surface area contributed by atoms with Crippen molar-refractivity contribution in [3.8, 4) is 0 Å². The summed E-state index contributed by atoms with van der Waals surface area (Å²) in [4.78, 5) is 2.09. The van der Waals surface area contributed by atoms with Gasteiger partial charge in [0.15, 0.2) is 0 Å². The number of rotatable bonds is 47. The van der Waals surface area contributed by atoms with Crippen LogP contribution < -0.4 is 0 Å². The predicted molar refractivity (Wildman–Crippen MR) is 200 cm³/mol. The van der Waals surface area contributed by atoms with E-state index in [0.717, 1.165) is 26.2 Å². The zero-order valence-electron chi connectivity index (χ0n) is 33.1. The highest BCUT2D eigenvalue weighted by atomic mass is 16.6. The molecule has 0 bridgehead atoms. The van der Waals surface area contributed by atoms with Crippen molar-refractivity contribution in [2.75, 3.05) is 179 Å². The van der Waals surface area contributed by atoms with Crippen molar-refractivity contribution in [2.45, 2.75) is 71.1 Å². The second kappa shape index (κ2) is 47.5. The first-order chi connectivity index (χ1) is 25.3. The molecule has 0 aromatic carbocycles. The smallest absolute Gasteiger partial charge is 0.0701 e. The summed E-state index contributed by atoms with van der Waals surface area (Å²) in [7, 11) is 4.05. The van der Waals surface area contributed by atoms with Crippen LogP contribution in [0.2, 0.25) is 0 Å². The molecular formula is C38H79NO12. The first kappa shape index (κ1) is 50.5. The molecule has 0 aromatic rings. The fourth-order valence-corrected chi connectivity index (χ4v) is 4.46. The van der Waals surface area contributed by atoms with Crippen molar-refractivity contribution in [3.63, 3.8) is 0 Å². The Bertz CT molecular complexity index is 609. The number of hydrogen-bond acceptors (Lipinski definition) is 13. The van der Waals surface area contributed by atoms with Crippen molar-refractivity contribution in [1.82, 2.24) is 4.90 Å². The molecule has 0 atom stereocenters. The number of hydrogen-bond donors (Lipinski definition) is 0. The van der Waals surface area contributed by atoms with Gasteiger partial charge in [0, 0.05) is 13.2 Å². The second-order valence-electron chi connectivity index (χ2n) is 12.3. The van der Waals surface area contributed by atoms with E-state index in [1.165, 1.54) is 57.8 Å². The van der Waals surface area contributed by atoms with Gasteiger partial charge in [0.2, 0.25) is 0 Å². The number of ether oxygens (including phenoxy) is 12.